The maximum atomic E-state index is 13.3. The van der Waals surface area contributed by atoms with Crippen LogP contribution in [0.15, 0.2) is 30.5 Å². The van der Waals surface area contributed by atoms with Gasteiger partial charge in [-0.25, -0.2) is 8.78 Å². The van der Waals surface area contributed by atoms with E-state index < -0.39 is 11.5 Å². The van der Waals surface area contributed by atoms with Gasteiger partial charge in [0.15, 0.2) is 0 Å². The standard InChI is InChI=1S/C15H18F2N2/c1-19-10-12(11-4-2-3-5-13(11)19)14(18)6-8-15(16,17)9-7-14/h2-5,10H,6-9,18H2,1H3. The highest BCUT2D eigenvalue weighted by Gasteiger charge is 2.43. The highest BCUT2D eigenvalue weighted by atomic mass is 19.3. The van der Waals surface area contributed by atoms with Gasteiger partial charge in [-0.05, 0) is 24.5 Å². The third-order valence-corrected chi connectivity index (χ3v) is 4.31. The van der Waals surface area contributed by atoms with E-state index in [1.165, 1.54) is 0 Å². The van der Waals surface area contributed by atoms with E-state index in [0.717, 1.165) is 16.5 Å². The van der Waals surface area contributed by atoms with Gasteiger partial charge in [-0.3, -0.25) is 0 Å². The number of hydrogen-bond acceptors (Lipinski definition) is 1. The maximum Gasteiger partial charge on any atom is 0.248 e. The largest absolute Gasteiger partial charge is 0.350 e. The van der Waals surface area contributed by atoms with Gasteiger partial charge in [0.2, 0.25) is 5.92 Å². The highest BCUT2D eigenvalue weighted by molar-refractivity contribution is 5.85. The van der Waals surface area contributed by atoms with Crippen LogP contribution in [0.4, 0.5) is 8.78 Å². The fourth-order valence-corrected chi connectivity index (χ4v) is 3.07. The quantitative estimate of drug-likeness (QED) is 0.839. The van der Waals surface area contributed by atoms with Crippen molar-refractivity contribution in [3.05, 3.63) is 36.0 Å². The van der Waals surface area contributed by atoms with Gasteiger partial charge in [0.05, 0.1) is 0 Å². The van der Waals surface area contributed by atoms with Crippen LogP contribution in [-0.4, -0.2) is 10.5 Å². The highest BCUT2D eigenvalue weighted by Crippen LogP contribution is 2.44. The molecule has 1 fully saturated rings. The molecule has 1 saturated carbocycles. The van der Waals surface area contributed by atoms with Gasteiger partial charge in [0, 0.05) is 42.5 Å². The number of para-hydroxylation sites is 1. The van der Waals surface area contributed by atoms with Crippen LogP contribution in [0.5, 0.6) is 0 Å². The Morgan fingerprint density at radius 2 is 1.74 bits per heavy atom. The van der Waals surface area contributed by atoms with Crippen LogP contribution in [0, 0.1) is 0 Å². The number of aromatic nitrogens is 1. The third-order valence-electron chi connectivity index (χ3n) is 4.31. The summed E-state index contributed by atoms with van der Waals surface area (Å²) in [5, 5.41) is 1.08. The molecule has 19 heavy (non-hydrogen) atoms. The molecule has 0 atom stereocenters. The number of halogens is 2. The van der Waals surface area contributed by atoms with Gasteiger partial charge in [0.1, 0.15) is 0 Å². The number of aryl methyl sites for hydroxylation is 1. The number of rotatable bonds is 1. The minimum atomic E-state index is -2.55. The molecule has 0 aliphatic heterocycles. The van der Waals surface area contributed by atoms with E-state index in [1.54, 1.807) is 0 Å². The van der Waals surface area contributed by atoms with Crippen LogP contribution in [0.1, 0.15) is 31.2 Å². The lowest BCUT2D eigenvalue weighted by Crippen LogP contribution is -2.43. The van der Waals surface area contributed by atoms with Crippen molar-refractivity contribution in [3.63, 3.8) is 0 Å². The van der Waals surface area contributed by atoms with Crippen LogP contribution >= 0.6 is 0 Å². The summed E-state index contributed by atoms with van der Waals surface area (Å²) in [6, 6.07) is 7.99. The molecule has 0 unspecified atom stereocenters. The Bertz CT molecular complexity index is 606. The van der Waals surface area contributed by atoms with Gasteiger partial charge in [-0.1, -0.05) is 18.2 Å². The van der Waals surface area contributed by atoms with Crippen LogP contribution in [-0.2, 0) is 12.6 Å². The zero-order chi connectivity index (χ0) is 13.7. The number of nitrogens with two attached hydrogens (primary N) is 1. The van der Waals surface area contributed by atoms with Crippen molar-refractivity contribution >= 4 is 10.9 Å². The van der Waals surface area contributed by atoms with Crippen molar-refractivity contribution in [3.8, 4) is 0 Å². The Labute approximate surface area is 111 Å². The van der Waals surface area contributed by atoms with Crippen molar-refractivity contribution in [2.45, 2.75) is 37.1 Å². The van der Waals surface area contributed by atoms with E-state index in [0.29, 0.717) is 12.8 Å². The molecule has 0 saturated heterocycles. The summed E-state index contributed by atoms with van der Waals surface area (Å²) < 4.78 is 28.7. The Morgan fingerprint density at radius 1 is 1.11 bits per heavy atom. The summed E-state index contributed by atoms with van der Waals surface area (Å²) in [5.74, 6) is -2.55. The second-order valence-corrected chi connectivity index (χ2v) is 5.68. The molecule has 3 rings (SSSR count). The Kier molecular flexibility index (Phi) is 2.68. The molecular formula is C15H18F2N2. The fraction of sp³-hybridized carbons (Fsp3) is 0.467. The molecule has 2 N–H and O–H groups in total. The van der Waals surface area contributed by atoms with E-state index in [4.69, 9.17) is 5.73 Å². The van der Waals surface area contributed by atoms with Crippen LogP contribution < -0.4 is 5.73 Å². The van der Waals surface area contributed by atoms with Gasteiger partial charge < -0.3 is 10.3 Å². The third kappa shape index (κ3) is 2.04. The molecule has 1 aromatic heterocycles. The molecule has 0 spiro atoms. The van der Waals surface area contributed by atoms with Crippen LogP contribution in [0.25, 0.3) is 10.9 Å². The molecule has 1 aliphatic carbocycles. The lowest BCUT2D eigenvalue weighted by atomic mass is 9.76. The summed E-state index contributed by atoms with van der Waals surface area (Å²) in [6.07, 6.45) is 2.44. The molecule has 0 radical (unpaired) electrons. The Balaban J connectivity index is 2.05. The first-order valence-corrected chi connectivity index (χ1v) is 6.63. The normalized spacial score (nSPS) is 21.7. The molecule has 102 valence electrons. The lowest BCUT2D eigenvalue weighted by molar-refractivity contribution is -0.0512. The number of alkyl halides is 2. The first-order chi connectivity index (χ1) is 8.91. The van der Waals surface area contributed by atoms with Crippen LogP contribution in [0.2, 0.25) is 0 Å². The predicted octanol–water partition coefficient (Wildman–Crippen LogP) is 3.54. The van der Waals surface area contributed by atoms with Gasteiger partial charge in [-0.15, -0.1) is 0 Å². The van der Waals surface area contributed by atoms with Crippen molar-refractivity contribution in [1.82, 2.24) is 4.57 Å². The summed E-state index contributed by atoms with van der Waals surface area (Å²) in [6.45, 7) is 0. The minimum Gasteiger partial charge on any atom is -0.350 e. The van der Waals surface area contributed by atoms with E-state index in [1.807, 2.05) is 42.1 Å². The van der Waals surface area contributed by atoms with E-state index in [9.17, 15) is 8.78 Å². The monoisotopic (exact) mass is 264 g/mol. The van der Waals surface area contributed by atoms with Crippen molar-refractivity contribution in [1.29, 1.82) is 0 Å². The summed E-state index contributed by atoms with van der Waals surface area (Å²) >= 11 is 0. The summed E-state index contributed by atoms with van der Waals surface area (Å²) in [5.41, 5.74) is 7.91. The number of benzene rings is 1. The van der Waals surface area contributed by atoms with Gasteiger partial charge >= 0.3 is 0 Å². The minimum absolute atomic E-state index is 0.118. The lowest BCUT2D eigenvalue weighted by Gasteiger charge is -2.37. The maximum absolute atomic E-state index is 13.3. The first-order valence-electron chi connectivity index (χ1n) is 6.63. The number of hydrogen-bond donors (Lipinski definition) is 1. The first kappa shape index (κ1) is 12.6. The van der Waals surface area contributed by atoms with Crippen molar-refractivity contribution in [2.75, 3.05) is 0 Å². The summed E-state index contributed by atoms with van der Waals surface area (Å²) in [7, 11) is 1.96. The second-order valence-electron chi connectivity index (χ2n) is 5.68. The van der Waals surface area contributed by atoms with Crippen molar-refractivity contribution in [2.24, 2.45) is 12.8 Å². The number of fused-ring (bicyclic) bond motifs is 1. The molecule has 1 aliphatic rings. The molecule has 0 amide bonds. The second kappa shape index (κ2) is 4.04. The molecule has 1 heterocycles. The molecule has 2 aromatic rings. The Morgan fingerprint density at radius 3 is 2.42 bits per heavy atom. The fourth-order valence-electron chi connectivity index (χ4n) is 3.07. The van der Waals surface area contributed by atoms with Gasteiger partial charge in [0.25, 0.3) is 0 Å². The Hall–Kier alpha value is -1.42. The van der Waals surface area contributed by atoms with E-state index in [2.05, 4.69) is 0 Å². The number of nitrogens with zero attached hydrogens (tertiary/aromatic N) is 1. The molecular weight excluding hydrogens is 246 g/mol. The average molecular weight is 264 g/mol. The topological polar surface area (TPSA) is 30.9 Å². The average Bonchev–Trinajstić information content (AvgIpc) is 2.73. The summed E-state index contributed by atoms with van der Waals surface area (Å²) in [4.78, 5) is 0. The molecule has 0 bridgehead atoms. The SMILES string of the molecule is Cn1cc(C2(N)CCC(F)(F)CC2)c2ccccc21. The molecule has 2 nitrogen and oxygen atoms in total. The van der Waals surface area contributed by atoms with Crippen LogP contribution in [0.3, 0.4) is 0 Å². The van der Waals surface area contributed by atoms with Gasteiger partial charge in [-0.2, -0.15) is 0 Å². The zero-order valence-corrected chi connectivity index (χ0v) is 11.0. The molecule has 4 heteroatoms. The molecule has 1 aromatic carbocycles. The smallest absolute Gasteiger partial charge is 0.248 e. The predicted molar refractivity (Wildman–Crippen MR) is 72.2 cm³/mol. The van der Waals surface area contributed by atoms with E-state index in [-0.39, 0.29) is 12.8 Å². The van der Waals surface area contributed by atoms with Crippen molar-refractivity contribution < 1.29 is 8.78 Å². The van der Waals surface area contributed by atoms with E-state index >= 15 is 0 Å². The zero-order valence-electron chi connectivity index (χ0n) is 11.0.